The van der Waals surface area contributed by atoms with Crippen LogP contribution in [0.4, 0.5) is 15.3 Å². The molecule has 1 aliphatic rings. The number of benzene rings is 2. The third-order valence-corrected chi connectivity index (χ3v) is 5.97. The van der Waals surface area contributed by atoms with E-state index in [1.54, 1.807) is 37.0 Å². The van der Waals surface area contributed by atoms with E-state index in [2.05, 4.69) is 0 Å². The molecule has 2 aromatic carbocycles. The van der Waals surface area contributed by atoms with Crippen LogP contribution in [0, 0.1) is 5.92 Å². The molecule has 0 saturated heterocycles. The number of anilines is 1. The summed E-state index contributed by atoms with van der Waals surface area (Å²) in [4.78, 5) is 29.7. The van der Waals surface area contributed by atoms with Crippen LogP contribution in [0.2, 0.25) is 0 Å². The summed E-state index contributed by atoms with van der Waals surface area (Å²) in [6.45, 7) is 8.67. The lowest BCUT2D eigenvalue weighted by Crippen LogP contribution is -2.48. The maximum Gasteiger partial charge on any atom is 0.414 e. The first-order chi connectivity index (χ1) is 16.8. The Balaban J connectivity index is 2.10. The first-order valence-electron chi connectivity index (χ1n) is 12.0. The van der Waals surface area contributed by atoms with Gasteiger partial charge in [-0.15, -0.1) is 0 Å². The van der Waals surface area contributed by atoms with Gasteiger partial charge in [-0.2, -0.15) is 0 Å². The number of rotatable bonds is 8. The number of hydrogen-bond donors (Lipinski definition) is 0. The van der Waals surface area contributed by atoms with E-state index >= 15 is 0 Å². The van der Waals surface area contributed by atoms with Crippen LogP contribution in [0.5, 0.6) is 11.5 Å². The Kier molecular flexibility index (Phi) is 8.84. The van der Waals surface area contributed by atoms with Gasteiger partial charge in [0, 0.05) is 24.2 Å². The van der Waals surface area contributed by atoms with Crippen LogP contribution in [0.15, 0.2) is 42.5 Å². The third-order valence-electron chi connectivity index (χ3n) is 5.97. The molecule has 0 saturated carbocycles. The van der Waals surface area contributed by atoms with E-state index in [0.717, 1.165) is 11.1 Å². The van der Waals surface area contributed by atoms with Gasteiger partial charge in [-0.3, -0.25) is 9.80 Å². The van der Waals surface area contributed by atoms with Crippen molar-refractivity contribution >= 4 is 17.9 Å². The molecule has 2 atom stereocenters. The maximum atomic E-state index is 13.2. The molecule has 190 valence electrons. The van der Waals surface area contributed by atoms with Crippen LogP contribution in [-0.4, -0.2) is 50.6 Å². The van der Waals surface area contributed by atoms with Gasteiger partial charge >= 0.3 is 12.2 Å². The molecule has 1 heterocycles. The highest BCUT2D eigenvalue weighted by Crippen LogP contribution is 2.46. The van der Waals surface area contributed by atoms with Gasteiger partial charge in [0.05, 0.1) is 39.2 Å². The highest BCUT2D eigenvalue weighted by molar-refractivity contribution is 5.91. The van der Waals surface area contributed by atoms with E-state index in [0.29, 0.717) is 36.8 Å². The molecule has 0 aliphatic carbocycles. The van der Waals surface area contributed by atoms with Gasteiger partial charge in [0.25, 0.3) is 0 Å². The van der Waals surface area contributed by atoms with Crippen molar-refractivity contribution in [1.29, 1.82) is 0 Å². The van der Waals surface area contributed by atoms with Gasteiger partial charge in [0.15, 0.2) is 11.5 Å². The average Bonchev–Trinajstić information content (AvgIpc) is 2.85. The van der Waals surface area contributed by atoms with Crippen molar-refractivity contribution in [3.63, 3.8) is 0 Å². The molecule has 3 rings (SSSR count). The molecule has 35 heavy (non-hydrogen) atoms. The van der Waals surface area contributed by atoms with Gasteiger partial charge in [-0.1, -0.05) is 44.2 Å². The second-order valence-corrected chi connectivity index (χ2v) is 9.02. The molecule has 0 spiro atoms. The zero-order chi connectivity index (χ0) is 25.5. The second kappa shape index (κ2) is 11.8. The van der Waals surface area contributed by atoms with Gasteiger partial charge in [0.1, 0.15) is 0 Å². The van der Waals surface area contributed by atoms with Crippen molar-refractivity contribution in [3.05, 3.63) is 53.6 Å². The summed E-state index contributed by atoms with van der Waals surface area (Å²) in [5.74, 6) is 1.22. The largest absolute Gasteiger partial charge is 0.493 e. The number of nitrogens with zero attached hydrogens (tertiary/aromatic N) is 2. The molecule has 8 nitrogen and oxygen atoms in total. The summed E-state index contributed by atoms with van der Waals surface area (Å²) < 4.78 is 22.1. The summed E-state index contributed by atoms with van der Waals surface area (Å²) in [6, 6.07) is 12.8. The van der Waals surface area contributed by atoms with Crippen LogP contribution in [0.25, 0.3) is 0 Å². The number of amides is 2. The van der Waals surface area contributed by atoms with E-state index in [1.165, 1.54) is 0 Å². The fourth-order valence-corrected chi connectivity index (χ4v) is 4.32. The van der Waals surface area contributed by atoms with Gasteiger partial charge < -0.3 is 18.9 Å². The summed E-state index contributed by atoms with van der Waals surface area (Å²) >= 11 is 0. The Hall–Kier alpha value is -3.42. The average molecular weight is 485 g/mol. The lowest BCUT2D eigenvalue weighted by molar-refractivity contribution is 0.0806. The van der Waals surface area contributed by atoms with Crippen molar-refractivity contribution in [1.82, 2.24) is 4.90 Å². The fourth-order valence-electron chi connectivity index (χ4n) is 4.32. The number of carbonyl (C=O) groups excluding carboxylic acids is 2. The minimum absolute atomic E-state index is 0.210. The molecule has 8 heteroatoms. The normalized spacial score (nSPS) is 16.9. The number of methoxy groups -OCH3 is 2. The maximum absolute atomic E-state index is 13.2. The molecule has 0 N–H and O–H groups in total. The van der Waals surface area contributed by atoms with E-state index in [-0.39, 0.29) is 24.6 Å². The first-order valence-corrected chi connectivity index (χ1v) is 12.0. The van der Waals surface area contributed by atoms with Crippen LogP contribution in [0.1, 0.15) is 51.3 Å². The molecular weight excluding hydrogens is 448 g/mol. The molecule has 1 aliphatic heterocycles. The Bertz CT molecular complexity index is 1010. The molecule has 2 aromatic rings. The minimum atomic E-state index is -0.427. The highest BCUT2D eigenvalue weighted by Gasteiger charge is 2.40. The Labute approximate surface area is 207 Å². The lowest BCUT2D eigenvalue weighted by atomic mass is 9.90. The number of ether oxygens (including phenoxy) is 4. The van der Waals surface area contributed by atoms with Crippen LogP contribution >= 0.6 is 0 Å². The zero-order valence-electron chi connectivity index (χ0n) is 21.4. The summed E-state index contributed by atoms with van der Waals surface area (Å²) in [6.07, 6.45) is -0.334. The Morgan fingerprint density at radius 3 is 2.31 bits per heavy atom. The summed E-state index contributed by atoms with van der Waals surface area (Å²) in [5, 5.41) is 0. The van der Waals surface area contributed by atoms with Crippen molar-refractivity contribution < 1.29 is 28.5 Å². The molecule has 0 fully saturated rings. The predicted octanol–water partition coefficient (Wildman–Crippen LogP) is 5.79. The zero-order valence-corrected chi connectivity index (χ0v) is 21.4. The standard InChI is InChI=1S/C27H36N2O6/c1-7-34-26(30)28(16-20-11-9-8-10-12-20)22-13-19(4)29(27(31)35-17-18(2)3)23-15-25(33-6)24(32-5)14-21(22)23/h8-12,14-15,18-19,22H,7,13,16-17H2,1-6H3/t19-,22+/m0/s1. The monoisotopic (exact) mass is 484 g/mol. The minimum Gasteiger partial charge on any atom is -0.493 e. The molecule has 0 unspecified atom stereocenters. The van der Waals surface area contributed by atoms with Crippen molar-refractivity contribution in [2.75, 3.05) is 32.3 Å². The fraction of sp³-hybridized carbons (Fsp3) is 0.481. The molecule has 0 radical (unpaired) electrons. The second-order valence-electron chi connectivity index (χ2n) is 9.02. The molecule has 2 amide bonds. The third kappa shape index (κ3) is 5.99. The van der Waals surface area contributed by atoms with E-state index in [9.17, 15) is 9.59 Å². The van der Waals surface area contributed by atoms with E-state index < -0.39 is 12.2 Å². The van der Waals surface area contributed by atoms with Crippen molar-refractivity contribution in [2.45, 2.75) is 52.7 Å². The van der Waals surface area contributed by atoms with Crippen LogP contribution in [0.3, 0.4) is 0 Å². The number of fused-ring (bicyclic) bond motifs is 1. The van der Waals surface area contributed by atoms with E-state index in [4.69, 9.17) is 18.9 Å². The first kappa shape index (κ1) is 26.2. The molecular formula is C27H36N2O6. The Morgan fingerprint density at radius 2 is 1.71 bits per heavy atom. The summed E-state index contributed by atoms with van der Waals surface area (Å²) in [5.41, 5.74) is 2.38. The smallest absolute Gasteiger partial charge is 0.414 e. The van der Waals surface area contributed by atoms with Crippen LogP contribution in [-0.2, 0) is 16.0 Å². The SMILES string of the molecule is CCOC(=O)N(Cc1ccccc1)[C@@H]1C[C@H](C)N(C(=O)OCC(C)C)c2cc(OC)c(OC)cc21. The van der Waals surface area contributed by atoms with Gasteiger partial charge in [0.2, 0.25) is 0 Å². The number of carbonyl (C=O) groups is 2. The van der Waals surface area contributed by atoms with Gasteiger partial charge in [-0.25, -0.2) is 9.59 Å². The van der Waals surface area contributed by atoms with E-state index in [1.807, 2.05) is 57.2 Å². The highest BCUT2D eigenvalue weighted by atomic mass is 16.6. The van der Waals surface area contributed by atoms with Crippen molar-refractivity contribution in [3.8, 4) is 11.5 Å². The predicted molar refractivity (Wildman–Crippen MR) is 134 cm³/mol. The quantitative estimate of drug-likeness (QED) is 0.472. The topological polar surface area (TPSA) is 77.5 Å². The van der Waals surface area contributed by atoms with Crippen LogP contribution < -0.4 is 14.4 Å². The number of hydrogen-bond acceptors (Lipinski definition) is 6. The van der Waals surface area contributed by atoms with Crippen molar-refractivity contribution in [2.24, 2.45) is 5.92 Å². The Morgan fingerprint density at radius 1 is 1.06 bits per heavy atom. The molecule has 0 bridgehead atoms. The van der Waals surface area contributed by atoms with Gasteiger partial charge in [-0.05, 0) is 37.8 Å². The molecule has 0 aromatic heterocycles. The lowest BCUT2D eigenvalue weighted by Gasteiger charge is -2.43. The summed E-state index contributed by atoms with van der Waals surface area (Å²) in [7, 11) is 3.11.